The minimum Gasteiger partial charge on any atom is -0.493 e. The van der Waals surface area contributed by atoms with E-state index in [0.717, 1.165) is 12.8 Å². The van der Waals surface area contributed by atoms with Crippen molar-refractivity contribution < 1.29 is 22.6 Å². The van der Waals surface area contributed by atoms with Gasteiger partial charge in [0, 0.05) is 6.07 Å². The summed E-state index contributed by atoms with van der Waals surface area (Å²) in [6, 6.07) is 5.52. The normalized spacial score (nSPS) is 11.2. The topological polar surface area (TPSA) is 18.5 Å². The van der Waals surface area contributed by atoms with Gasteiger partial charge in [-0.2, -0.15) is 0 Å². The Morgan fingerprint density at radius 1 is 1.19 bits per heavy atom. The second kappa shape index (κ2) is 5.63. The summed E-state index contributed by atoms with van der Waals surface area (Å²) in [5.41, 5.74) is 0. The molecule has 1 aromatic carbocycles. The number of benzene rings is 1. The van der Waals surface area contributed by atoms with E-state index in [9.17, 15) is 13.2 Å². The van der Waals surface area contributed by atoms with E-state index >= 15 is 0 Å². The molecule has 1 rings (SSSR count). The standard InChI is InChI=1S/C11H13F3O2/c1-2-3-7-15-9-5-4-6-10(8-9)16-11(12,13)14/h4-6,8H,2-3,7H2,1H3. The number of hydrogen-bond donors (Lipinski definition) is 0. The van der Waals surface area contributed by atoms with Crippen molar-refractivity contribution in [3.05, 3.63) is 24.3 Å². The summed E-state index contributed by atoms with van der Waals surface area (Å²) >= 11 is 0. The summed E-state index contributed by atoms with van der Waals surface area (Å²) in [5.74, 6) is 0.122. The summed E-state index contributed by atoms with van der Waals surface area (Å²) in [4.78, 5) is 0. The molecule has 0 bridgehead atoms. The van der Waals surface area contributed by atoms with Crippen LogP contribution in [0.1, 0.15) is 19.8 Å². The van der Waals surface area contributed by atoms with Crippen LogP contribution >= 0.6 is 0 Å². The highest BCUT2D eigenvalue weighted by Crippen LogP contribution is 2.26. The van der Waals surface area contributed by atoms with Crippen LogP contribution in [0.25, 0.3) is 0 Å². The van der Waals surface area contributed by atoms with Gasteiger partial charge in [-0.05, 0) is 18.6 Å². The molecule has 1 aromatic rings. The second-order valence-corrected chi connectivity index (χ2v) is 3.22. The number of halogens is 3. The number of hydrogen-bond acceptors (Lipinski definition) is 2. The van der Waals surface area contributed by atoms with Gasteiger partial charge in [-0.1, -0.05) is 19.4 Å². The quantitative estimate of drug-likeness (QED) is 0.722. The summed E-state index contributed by atoms with van der Waals surface area (Å²) in [6.45, 7) is 2.50. The van der Waals surface area contributed by atoms with E-state index in [1.54, 1.807) is 6.07 Å². The fourth-order valence-corrected chi connectivity index (χ4v) is 1.10. The van der Waals surface area contributed by atoms with Crippen molar-refractivity contribution >= 4 is 0 Å². The van der Waals surface area contributed by atoms with Gasteiger partial charge in [0.2, 0.25) is 0 Å². The van der Waals surface area contributed by atoms with Crippen molar-refractivity contribution in [1.29, 1.82) is 0 Å². The van der Waals surface area contributed by atoms with Crippen LogP contribution in [0.4, 0.5) is 13.2 Å². The van der Waals surface area contributed by atoms with Crippen LogP contribution in [0, 0.1) is 0 Å². The summed E-state index contributed by atoms with van der Waals surface area (Å²) < 4.78 is 44.8. The number of alkyl halides is 3. The minimum atomic E-state index is -4.66. The van der Waals surface area contributed by atoms with E-state index in [0.29, 0.717) is 12.4 Å². The first-order valence-electron chi connectivity index (χ1n) is 5.00. The molecule has 0 fully saturated rings. The van der Waals surface area contributed by atoms with Gasteiger partial charge in [0.05, 0.1) is 6.61 Å². The maximum Gasteiger partial charge on any atom is 0.573 e. The monoisotopic (exact) mass is 234 g/mol. The molecule has 0 atom stereocenters. The van der Waals surface area contributed by atoms with Gasteiger partial charge in [-0.3, -0.25) is 0 Å². The van der Waals surface area contributed by atoms with Gasteiger partial charge >= 0.3 is 6.36 Å². The molecule has 0 spiro atoms. The number of unbranched alkanes of at least 4 members (excludes halogenated alkanes) is 1. The first-order chi connectivity index (χ1) is 7.51. The van der Waals surface area contributed by atoms with E-state index in [4.69, 9.17) is 4.74 Å². The minimum absolute atomic E-state index is 0.263. The molecule has 0 unspecified atom stereocenters. The highest BCUT2D eigenvalue weighted by atomic mass is 19.4. The molecule has 5 heteroatoms. The largest absolute Gasteiger partial charge is 0.573 e. The van der Waals surface area contributed by atoms with Crippen LogP contribution in [-0.4, -0.2) is 13.0 Å². The zero-order valence-electron chi connectivity index (χ0n) is 8.88. The zero-order chi connectivity index (χ0) is 12.0. The van der Waals surface area contributed by atoms with Crippen LogP contribution in [-0.2, 0) is 0 Å². The van der Waals surface area contributed by atoms with Gasteiger partial charge in [-0.25, -0.2) is 0 Å². The fourth-order valence-electron chi connectivity index (χ4n) is 1.10. The smallest absolute Gasteiger partial charge is 0.493 e. The van der Waals surface area contributed by atoms with Gasteiger partial charge in [0.25, 0.3) is 0 Å². The summed E-state index contributed by atoms with van der Waals surface area (Å²) in [5, 5.41) is 0. The lowest BCUT2D eigenvalue weighted by Gasteiger charge is -2.10. The Kier molecular flexibility index (Phi) is 4.46. The molecule has 0 radical (unpaired) electrons. The van der Waals surface area contributed by atoms with Crippen molar-refractivity contribution in [2.24, 2.45) is 0 Å². The van der Waals surface area contributed by atoms with E-state index in [1.165, 1.54) is 18.2 Å². The number of rotatable bonds is 5. The van der Waals surface area contributed by atoms with Crippen LogP contribution in [0.15, 0.2) is 24.3 Å². The van der Waals surface area contributed by atoms with Gasteiger partial charge in [0.1, 0.15) is 11.5 Å². The van der Waals surface area contributed by atoms with Crippen molar-refractivity contribution in [2.75, 3.05) is 6.61 Å². The summed E-state index contributed by atoms with van der Waals surface area (Å²) in [6.07, 6.45) is -2.83. The molecule has 90 valence electrons. The Labute approximate surface area is 92.0 Å². The van der Waals surface area contributed by atoms with Crippen LogP contribution < -0.4 is 9.47 Å². The summed E-state index contributed by atoms with van der Waals surface area (Å²) in [7, 11) is 0. The first-order valence-corrected chi connectivity index (χ1v) is 5.00. The predicted octanol–water partition coefficient (Wildman–Crippen LogP) is 3.76. The van der Waals surface area contributed by atoms with Gasteiger partial charge in [-0.15, -0.1) is 13.2 Å². The molecule has 0 aliphatic heterocycles. The van der Waals surface area contributed by atoms with E-state index in [-0.39, 0.29) is 5.75 Å². The zero-order valence-corrected chi connectivity index (χ0v) is 8.88. The molecule has 0 aliphatic rings. The van der Waals surface area contributed by atoms with Crippen molar-refractivity contribution in [1.82, 2.24) is 0 Å². The molecule has 0 N–H and O–H groups in total. The molecular formula is C11H13F3O2. The molecule has 0 amide bonds. The molecule has 0 aromatic heterocycles. The van der Waals surface area contributed by atoms with Gasteiger partial charge < -0.3 is 9.47 Å². The van der Waals surface area contributed by atoms with Crippen LogP contribution in [0.5, 0.6) is 11.5 Å². The first kappa shape index (κ1) is 12.7. The Bertz CT molecular complexity index is 323. The third kappa shape index (κ3) is 4.91. The van der Waals surface area contributed by atoms with Gasteiger partial charge in [0.15, 0.2) is 0 Å². The predicted molar refractivity (Wildman–Crippen MR) is 53.5 cm³/mol. The Morgan fingerprint density at radius 3 is 2.50 bits per heavy atom. The van der Waals surface area contributed by atoms with Crippen LogP contribution in [0.3, 0.4) is 0 Å². The van der Waals surface area contributed by atoms with Crippen molar-refractivity contribution in [2.45, 2.75) is 26.1 Å². The molecule has 0 saturated heterocycles. The fraction of sp³-hybridized carbons (Fsp3) is 0.455. The lowest BCUT2D eigenvalue weighted by Crippen LogP contribution is -2.17. The number of ether oxygens (including phenoxy) is 2. The molecule has 0 saturated carbocycles. The Balaban J connectivity index is 2.57. The van der Waals surface area contributed by atoms with Crippen LogP contribution in [0.2, 0.25) is 0 Å². The maximum absolute atomic E-state index is 11.9. The van der Waals surface area contributed by atoms with E-state index in [2.05, 4.69) is 4.74 Å². The molecule has 0 heterocycles. The average Bonchev–Trinajstić information content (AvgIpc) is 2.16. The lowest BCUT2D eigenvalue weighted by atomic mass is 10.3. The molecule has 0 aliphatic carbocycles. The van der Waals surface area contributed by atoms with E-state index in [1.807, 2.05) is 6.92 Å². The molecule has 16 heavy (non-hydrogen) atoms. The van der Waals surface area contributed by atoms with Crippen molar-refractivity contribution in [3.63, 3.8) is 0 Å². The SMILES string of the molecule is CCCCOc1cccc(OC(F)(F)F)c1. The highest BCUT2D eigenvalue weighted by molar-refractivity contribution is 5.32. The third-order valence-electron chi connectivity index (χ3n) is 1.81. The van der Waals surface area contributed by atoms with E-state index < -0.39 is 6.36 Å². The lowest BCUT2D eigenvalue weighted by molar-refractivity contribution is -0.274. The third-order valence-corrected chi connectivity index (χ3v) is 1.81. The molecular weight excluding hydrogens is 221 g/mol. The second-order valence-electron chi connectivity index (χ2n) is 3.22. The maximum atomic E-state index is 11.9. The molecule has 2 nitrogen and oxygen atoms in total. The average molecular weight is 234 g/mol. The Morgan fingerprint density at radius 2 is 1.88 bits per heavy atom. The Hall–Kier alpha value is -1.39. The highest BCUT2D eigenvalue weighted by Gasteiger charge is 2.31. The van der Waals surface area contributed by atoms with Crippen molar-refractivity contribution in [3.8, 4) is 11.5 Å².